The maximum absolute atomic E-state index is 12.8. The monoisotopic (exact) mass is 457 g/mol. The minimum absolute atomic E-state index is 0.219. The van der Waals surface area contributed by atoms with Crippen molar-refractivity contribution in [3.63, 3.8) is 0 Å². The number of aromatic nitrogens is 2. The number of carbonyl (C=O) groups excluding carboxylic acids is 2. The number of hydrogen-bond donors (Lipinski definition) is 1. The molecule has 2 amide bonds. The molecule has 0 aliphatic carbocycles. The molecule has 1 aromatic heterocycles. The van der Waals surface area contributed by atoms with Gasteiger partial charge in [-0.2, -0.15) is 10.4 Å². The number of nitriles is 1. The predicted molar refractivity (Wildman–Crippen MR) is 127 cm³/mol. The van der Waals surface area contributed by atoms with E-state index in [1.165, 1.54) is 0 Å². The van der Waals surface area contributed by atoms with E-state index in [0.29, 0.717) is 42.9 Å². The van der Waals surface area contributed by atoms with E-state index in [4.69, 9.17) is 10.00 Å². The van der Waals surface area contributed by atoms with Crippen LogP contribution in [0.15, 0.2) is 54.9 Å². The molecule has 1 N–H and O–H groups in total. The van der Waals surface area contributed by atoms with Gasteiger partial charge in [-0.05, 0) is 68.1 Å². The molecular formula is C26H27N5O3. The normalized spacial score (nSPS) is 13.1. The van der Waals surface area contributed by atoms with Crippen molar-refractivity contribution < 1.29 is 14.3 Å². The number of fused-ring (bicyclic) bond motifs is 1. The molecule has 34 heavy (non-hydrogen) atoms. The lowest BCUT2D eigenvalue weighted by Gasteiger charge is -2.31. The van der Waals surface area contributed by atoms with Crippen LogP contribution >= 0.6 is 0 Å². The van der Waals surface area contributed by atoms with Crippen molar-refractivity contribution in [3.8, 4) is 6.07 Å². The van der Waals surface area contributed by atoms with Gasteiger partial charge in [0.1, 0.15) is 5.60 Å². The number of nitrogens with one attached hydrogen (secondary N) is 1. The summed E-state index contributed by atoms with van der Waals surface area (Å²) < 4.78 is 7.18. The zero-order chi connectivity index (χ0) is 24.3. The number of carbonyl (C=O) groups is 2. The average Bonchev–Trinajstić information content (AvgIpc) is 3.23. The first-order valence-corrected chi connectivity index (χ1v) is 11.1. The summed E-state index contributed by atoms with van der Waals surface area (Å²) in [5, 5.41) is 16.2. The molecule has 0 radical (unpaired) electrons. The molecule has 0 bridgehead atoms. The lowest BCUT2D eigenvalue weighted by molar-refractivity contribution is 0.0224. The second-order valence-electron chi connectivity index (χ2n) is 9.33. The summed E-state index contributed by atoms with van der Waals surface area (Å²) in [5.74, 6) is -0.219. The van der Waals surface area contributed by atoms with E-state index in [1.807, 2.05) is 51.1 Å². The highest BCUT2D eigenvalue weighted by Crippen LogP contribution is 2.23. The highest BCUT2D eigenvalue weighted by molar-refractivity contribution is 6.04. The van der Waals surface area contributed by atoms with Crippen LogP contribution in [0, 0.1) is 11.3 Å². The maximum atomic E-state index is 12.8. The SMILES string of the molecule is CC(C)(C)OC(=O)N1CCc2cc(C(=O)Nc3cnn(Cc4cccc(C#N)c4)c3)ccc2C1. The van der Waals surface area contributed by atoms with Crippen LogP contribution in [0.1, 0.15) is 53.4 Å². The Hall–Kier alpha value is -4.12. The second-order valence-corrected chi connectivity index (χ2v) is 9.33. The summed E-state index contributed by atoms with van der Waals surface area (Å²) in [4.78, 5) is 26.9. The molecule has 8 heteroatoms. The molecule has 8 nitrogen and oxygen atoms in total. The van der Waals surface area contributed by atoms with Crippen molar-refractivity contribution in [3.05, 3.63) is 82.7 Å². The third-order valence-electron chi connectivity index (χ3n) is 5.42. The van der Waals surface area contributed by atoms with Gasteiger partial charge in [-0.1, -0.05) is 18.2 Å². The van der Waals surface area contributed by atoms with Gasteiger partial charge in [0, 0.05) is 24.8 Å². The molecule has 0 spiro atoms. The van der Waals surface area contributed by atoms with E-state index in [-0.39, 0.29) is 12.0 Å². The highest BCUT2D eigenvalue weighted by Gasteiger charge is 2.26. The first-order chi connectivity index (χ1) is 16.2. The fourth-order valence-electron chi connectivity index (χ4n) is 3.82. The molecule has 3 aromatic rings. The number of nitrogens with zero attached hydrogens (tertiary/aromatic N) is 4. The molecule has 0 saturated heterocycles. The largest absolute Gasteiger partial charge is 0.444 e. The lowest BCUT2D eigenvalue weighted by atomic mass is 9.97. The van der Waals surface area contributed by atoms with Crippen LogP contribution in [0.5, 0.6) is 0 Å². The van der Waals surface area contributed by atoms with E-state index < -0.39 is 5.60 Å². The quantitative estimate of drug-likeness (QED) is 0.628. The predicted octanol–water partition coefficient (Wildman–Crippen LogP) is 4.35. The van der Waals surface area contributed by atoms with Crippen molar-refractivity contribution in [1.29, 1.82) is 5.26 Å². The van der Waals surface area contributed by atoms with E-state index in [0.717, 1.165) is 16.7 Å². The van der Waals surface area contributed by atoms with Crippen LogP contribution in [0.2, 0.25) is 0 Å². The second kappa shape index (κ2) is 9.40. The third kappa shape index (κ3) is 5.62. The van der Waals surface area contributed by atoms with Gasteiger partial charge in [0.2, 0.25) is 0 Å². The zero-order valence-electron chi connectivity index (χ0n) is 19.5. The van der Waals surface area contributed by atoms with Crippen LogP contribution in [-0.4, -0.2) is 38.8 Å². The summed E-state index contributed by atoms with van der Waals surface area (Å²) in [5.41, 5.74) is 4.24. The molecule has 0 atom stereocenters. The number of rotatable bonds is 4. The topological polar surface area (TPSA) is 100 Å². The molecule has 174 valence electrons. The summed E-state index contributed by atoms with van der Waals surface area (Å²) in [6.45, 7) is 7.06. The van der Waals surface area contributed by atoms with E-state index in [2.05, 4.69) is 16.5 Å². The number of amides is 2. The van der Waals surface area contributed by atoms with Crippen molar-refractivity contribution in [2.75, 3.05) is 11.9 Å². The molecule has 0 saturated carbocycles. The minimum atomic E-state index is -0.534. The van der Waals surface area contributed by atoms with Gasteiger partial charge in [0.05, 0.1) is 30.1 Å². The Labute approximate surface area is 198 Å². The molecule has 1 aliphatic heterocycles. The van der Waals surface area contributed by atoms with Gasteiger partial charge < -0.3 is 15.0 Å². The molecule has 0 unspecified atom stereocenters. The fourth-order valence-corrected chi connectivity index (χ4v) is 3.82. The Morgan fingerprint density at radius 3 is 2.76 bits per heavy atom. The van der Waals surface area contributed by atoms with Crippen molar-refractivity contribution in [2.24, 2.45) is 0 Å². The fraction of sp³-hybridized carbons (Fsp3) is 0.308. The summed E-state index contributed by atoms with van der Waals surface area (Å²) >= 11 is 0. The molecule has 4 rings (SSSR count). The average molecular weight is 458 g/mol. The van der Waals surface area contributed by atoms with E-state index >= 15 is 0 Å². The standard InChI is InChI=1S/C26H27N5O3/c1-26(2,3)34-25(33)30-10-9-20-12-21(7-8-22(20)16-30)24(32)29-23-14-28-31(17-23)15-19-6-4-5-18(11-19)13-27/h4-8,11-12,14,17H,9-10,15-16H2,1-3H3,(H,29,32). The van der Waals surface area contributed by atoms with Crippen molar-refractivity contribution >= 4 is 17.7 Å². The van der Waals surface area contributed by atoms with Crippen LogP contribution < -0.4 is 5.32 Å². The lowest BCUT2D eigenvalue weighted by Crippen LogP contribution is -2.39. The van der Waals surface area contributed by atoms with Crippen LogP contribution in [0.25, 0.3) is 0 Å². The smallest absolute Gasteiger partial charge is 0.410 e. The van der Waals surface area contributed by atoms with Gasteiger partial charge in [-0.25, -0.2) is 4.79 Å². The van der Waals surface area contributed by atoms with Gasteiger partial charge in [0.15, 0.2) is 0 Å². The van der Waals surface area contributed by atoms with Crippen LogP contribution in [-0.2, 0) is 24.2 Å². The Morgan fingerprint density at radius 1 is 1.18 bits per heavy atom. The Morgan fingerprint density at radius 2 is 2.00 bits per heavy atom. The highest BCUT2D eigenvalue weighted by atomic mass is 16.6. The maximum Gasteiger partial charge on any atom is 0.410 e. The summed E-state index contributed by atoms with van der Waals surface area (Å²) in [7, 11) is 0. The number of benzene rings is 2. The van der Waals surface area contributed by atoms with Gasteiger partial charge >= 0.3 is 6.09 Å². The first-order valence-electron chi connectivity index (χ1n) is 11.1. The van der Waals surface area contributed by atoms with Crippen LogP contribution in [0.4, 0.5) is 10.5 Å². The van der Waals surface area contributed by atoms with Crippen molar-refractivity contribution in [1.82, 2.24) is 14.7 Å². The molecular weight excluding hydrogens is 430 g/mol. The van der Waals surface area contributed by atoms with E-state index in [9.17, 15) is 9.59 Å². The van der Waals surface area contributed by atoms with Gasteiger partial charge in [-0.15, -0.1) is 0 Å². The third-order valence-corrected chi connectivity index (χ3v) is 5.42. The minimum Gasteiger partial charge on any atom is -0.444 e. The van der Waals surface area contributed by atoms with Gasteiger partial charge in [-0.3, -0.25) is 9.48 Å². The first kappa shape index (κ1) is 23.1. The van der Waals surface area contributed by atoms with Crippen LogP contribution in [0.3, 0.4) is 0 Å². The van der Waals surface area contributed by atoms with E-state index in [1.54, 1.807) is 34.1 Å². The number of hydrogen-bond acceptors (Lipinski definition) is 5. The van der Waals surface area contributed by atoms with Crippen molar-refractivity contribution in [2.45, 2.75) is 45.9 Å². The van der Waals surface area contributed by atoms with Gasteiger partial charge in [0.25, 0.3) is 5.91 Å². The Balaban J connectivity index is 1.38. The Bertz CT molecular complexity index is 1270. The molecule has 1 aliphatic rings. The summed E-state index contributed by atoms with van der Waals surface area (Å²) in [6.07, 6.45) is 3.70. The molecule has 2 heterocycles. The molecule has 0 fully saturated rings. The Kier molecular flexibility index (Phi) is 6.37. The number of ether oxygens (including phenoxy) is 1. The zero-order valence-corrected chi connectivity index (χ0v) is 19.5. The molecule has 2 aromatic carbocycles. The number of anilines is 1. The summed E-state index contributed by atoms with van der Waals surface area (Å²) in [6, 6.07) is 15.0.